The minimum atomic E-state index is -2.77. The Morgan fingerprint density at radius 2 is 1.67 bits per heavy atom. The molecular weight excluding hydrogens is 931 g/mol. The number of likely N-dealkylation sites (tertiary alicyclic amines) is 1. The highest BCUT2D eigenvalue weighted by Gasteiger charge is 2.40. The van der Waals surface area contributed by atoms with Gasteiger partial charge >= 0.3 is 0 Å². The van der Waals surface area contributed by atoms with Crippen LogP contribution in [0.15, 0.2) is 65.5 Å². The largest absolute Gasteiger partial charge is 0.494 e. The van der Waals surface area contributed by atoms with Gasteiger partial charge in [-0.3, -0.25) is 29.7 Å². The van der Waals surface area contributed by atoms with Gasteiger partial charge in [-0.25, -0.2) is 4.98 Å². The molecule has 1 spiro atoms. The summed E-state index contributed by atoms with van der Waals surface area (Å²) in [4.78, 5) is 62.5. The highest BCUT2D eigenvalue weighted by atomic mass is 79.9. The third kappa shape index (κ3) is 10.1. The second-order valence-corrected chi connectivity index (χ2v) is 23.1. The number of carbonyl (C=O) groups is 3. The molecule has 0 aliphatic carbocycles. The molecule has 0 bridgehead atoms. The average molecular weight is 992 g/mol. The number of anilines is 5. The second-order valence-electron chi connectivity index (χ2n) is 19.1. The van der Waals surface area contributed by atoms with E-state index in [0.717, 1.165) is 68.8 Å². The number of hydrogen-bond acceptors (Lipinski definition) is 13. The molecule has 0 radical (unpaired) electrons. The van der Waals surface area contributed by atoms with Crippen molar-refractivity contribution in [1.29, 1.82) is 0 Å². The molecule has 3 fully saturated rings. The zero-order valence-electron chi connectivity index (χ0n) is 38.9. The fraction of sp³-hybridized carbons (Fsp3) is 0.460. The molecule has 17 heteroatoms. The summed E-state index contributed by atoms with van der Waals surface area (Å²) in [6.45, 7) is 11.5. The molecule has 1 unspecified atom stereocenters. The molecule has 6 heterocycles. The number of benzene rings is 3. The fourth-order valence-electron chi connectivity index (χ4n) is 10.6. The van der Waals surface area contributed by atoms with Crippen molar-refractivity contribution in [3.05, 3.63) is 87.8 Å². The number of fused-ring (bicyclic) bond motifs is 2. The third-order valence-electron chi connectivity index (χ3n) is 14.3. The van der Waals surface area contributed by atoms with E-state index in [2.05, 4.69) is 81.8 Å². The Morgan fingerprint density at radius 1 is 0.910 bits per heavy atom. The van der Waals surface area contributed by atoms with E-state index >= 15 is 0 Å². The van der Waals surface area contributed by atoms with Gasteiger partial charge < -0.3 is 34.6 Å². The Kier molecular flexibility index (Phi) is 13.7. The number of imide groups is 1. The maximum absolute atomic E-state index is 13.5. The van der Waals surface area contributed by atoms with Crippen molar-refractivity contribution in [2.24, 2.45) is 5.41 Å². The van der Waals surface area contributed by atoms with Gasteiger partial charge in [0, 0.05) is 62.0 Å². The first-order valence-electron chi connectivity index (χ1n) is 23.6. The first-order chi connectivity index (χ1) is 32.3. The van der Waals surface area contributed by atoms with E-state index in [4.69, 9.17) is 9.72 Å². The van der Waals surface area contributed by atoms with Crippen LogP contribution < -0.4 is 30.9 Å². The van der Waals surface area contributed by atoms with E-state index in [1.165, 1.54) is 49.8 Å². The summed E-state index contributed by atoms with van der Waals surface area (Å²) in [5.41, 5.74) is 8.36. The van der Waals surface area contributed by atoms with Gasteiger partial charge in [0.2, 0.25) is 17.8 Å². The lowest BCUT2D eigenvalue weighted by Gasteiger charge is -2.47. The van der Waals surface area contributed by atoms with Crippen molar-refractivity contribution < 1.29 is 23.7 Å². The minimum absolute atomic E-state index is 0.105. The summed E-state index contributed by atoms with van der Waals surface area (Å²) < 4.78 is 20.1. The van der Waals surface area contributed by atoms with Crippen LogP contribution in [0.25, 0.3) is 11.0 Å². The van der Waals surface area contributed by atoms with E-state index in [-0.39, 0.29) is 24.1 Å². The molecule has 352 valence electrons. The van der Waals surface area contributed by atoms with Crippen molar-refractivity contribution in [3.63, 3.8) is 0 Å². The second kappa shape index (κ2) is 19.7. The summed E-state index contributed by atoms with van der Waals surface area (Å²) in [5, 5.41) is 9.79. The fourth-order valence-corrected chi connectivity index (χ4v) is 12.3. The third-order valence-corrected chi connectivity index (χ3v) is 16.5. The molecule has 9 rings (SSSR count). The number of piperidine rings is 3. The number of carbonyl (C=O) groups excluding carboxylic acids is 3. The zero-order chi connectivity index (χ0) is 46.9. The molecule has 67 heavy (non-hydrogen) atoms. The molecule has 3 N–H and O–H groups in total. The molecule has 5 aromatic rings. The predicted molar refractivity (Wildman–Crippen MR) is 267 cm³/mol. The Morgan fingerprint density at radius 3 is 2.43 bits per heavy atom. The van der Waals surface area contributed by atoms with Gasteiger partial charge in [0.25, 0.3) is 5.91 Å². The number of halogens is 1. The van der Waals surface area contributed by atoms with Gasteiger partial charge in [-0.2, -0.15) is 4.98 Å². The normalized spacial score (nSPS) is 18.6. The van der Waals surface area contributed by atoms with E-state index < -0.39 is 13.2 Å². The van der Waals surface area contributed by atoms with E-state index in [9.17, 15) is 18.9 Å². The molecule has 15 nitrogen and oxygen atoms in total. The van der Waals surface area contributed by atoms with Crippen molar-refractivity contribution in [3.8, 4) is 5.75 Å². The summed E-state index contributed by atoms with van der Waals surface area (Å²) in [5.74, 6) is 0.869. The summed E-state index contributed by atoms with van der Waals surface area (Å²) in [6.07, 6.45) is 15.9. The molecule has 3 aromatic carbocycles. The van der Waals surface area contributed by atoms with Gasteiger partial charge in [-0.1, -0.05) is 25.0 Å². The van der Waals surface area contributed by atoms with Crippen LogP contribution in [-0.2, 0) is 27.1 Å². The maximum atomic E-state index is 13.5. The number of methoxy groups -OCH3 is 1. The van der Waals surface area contributed by atoms with E-state index in [0.29, 0.717) is 68.0 Å². The highest BCUT2D eigenvalue weighted by Crippen LogP contribution is 2.45. The van der Waals surface area contributed by atoms with Gasteiger partial charge in [-0.15, -0.1) is 0 Å². The first-order valence-corrected chi connectivity index (χ1v) is 27.0. The van der Waals surface area contributed by atoms with Gasteiger partial charge in [0.15, 0.2) is 0 Å². The van der Waals surface area contributed by atoms with Crippen LogP contribution in [0.1, 0.15) is 91.3 Å². The summed E-state index contributed by atoms with van der Waals surface area (Å²) in [6, 6.07) is 13.3. The molecule has 1 atom stereocenters. The first kappa shape index (κ1) is 46.7. The smallest absolute Gasteiger partial charge is 0.255 e. The van der Waals surface area contributed by atoms with Crippen LogP contribution in [0.4, 0.5) is 28.8 Å². The van der Waals surface area contributed by atoms with Gasteiger partial charge in [-0.05, 0) is 154 Å². The zero-order valence-corrected chi connectivity index (χ0v) is 41.3. The van der Waals surface area contributed by atoms with E-state index in [1.807, 2.05) is 24.3 Å². The topological polar surface area (TPSA) is 175 Å². The molecule has 2 aromatic heterocycles. The van der Waals surface area contributed by atoms with Gasteiger partial charge in [0.1, 0.15) is 30.3 Å². The van der Waals surface area contributed by atoms with Crippen molar-refractivity contribution in [2.45, 2.75) is 90.1 Å². The SMILES string of the molecule is COc1cc(N2CCC3(CCN(CCCCCCc4cccc5c4CN(C4CCC(=O)NC4=O)C5=O)CC3)CC2)c(C)cc1Nc1ncc(Br)c(Nc2ccc3nccnc3c2P(C)(C)=O)n1. The predicted octanol–water partition coefficient (Wildman–Crippen LogP) is 8.48. The maximum Gasteiger partial charge on any atom is 0.255 e. The lowest BCUT2D eigenvalue weighted by atomic mass is 9.71. The Labute approximate surface area is 400 Å². The molecule has 3 saturated heterocycles. The number of rotatable bonds is 15. The Hall–Kier alpha value is -5.44. The summed E-state index contributed by atoms with van der Waals surface area (Å²) >= 11 is 3.60. The van der Waals surface area contributed by atoms with Crippen LogP contribution in [0.5, 0.6) is 5.75 Å². The number of aryl methyl sites for hydroxylation is 2. The number of nitrogens with zero attached hydrogens (tertiary/aromatic N) is 7. The number of hydrogen-bond donors (Lipinski definition) is 3. The standard InChI is InChI=1S/C50H60BrN10O5P/c1-32-28-39(56-49-54-30-36(51)46(58-49)55-38-14-13-37-44(53-22-21-52-37)45(38)67(3,4)65)42(66-2)29-41(32)60-26-19-50(20-27-60)17-24-59(25-18-50)23-8-6-5-7-10-33-11-9-12-34-35(33)31-61(48(34)64)40-15-16-43(62)57-47(40)63/h9,11-14,21-22,28-30,40H,5-8,10,15-20,23-27,31H2,1-4H3,(H,57,62,63)(H2,54,55,56,58). The van der Waals surface area contributed by atoms with E-state index in [1.54, 1.807) is 43.9 Å². The van der Waals surface area contributed by atoms with Crippen LogP contribution in [0.3, 0.4) is 0 Å². The lowest BCUT2D eigenvalue weighted by Crippen LogP contribution is -2.52. The quantitative estimate of drug-likeness (QED) is 0.0518. The Balaban J connectivity index is 0.736. The molecular formula is C50H60BrN10O5P. The van der Waals surface area contributed by atoms with Crippen LogP contribution in [-0.4, -0.2) is 107 Å². The Bertz CT molecular complexity index is 2750. The average Bonchev–Trinajstić information content (AvgIpc) is 3.65. The highest BCUT2D eigenvalue weighted by molar-refractivity contribution is 9.10. The van der Waals surface area contributed by atoms with Crippen LogP contribution in [0.2, 0.25) is 0 Å². The molecule has 4 aliphatic rings. The minimum Gasteiger partial charge on any atom is -0.494 e. The van der Waals surface area contributed by atoms with Crippen molar-refractivity contribution in [1.82, 2.24) is 35.1 Å². The molecule has 0 saturated carbocycles. The van der Waals surface area contributed by atoms with Crippen molar-refractivity contribution in [2.75, 3.05) is 68.7 Å². The molecule has 3 amide bonds. The number of amides is 3. The van der Waals surface area contributed by atoms with Crippen LogP contribution >= 0.6 is 23.1 Å². The number of ether oxygens (including phenoxy) is 1. The van der Waals surface area contributed by atoms with Crippen molar-refractivity contribution >= 4 is 86.0 Å². The number of nitrogens with one attached hydrogen (secondary N) is 3. The van der Waals surface area contributed by atoms with Crippen LogP contribution in [0, 0.1) is 12.3 Å². The number of unbranched alkanes of at least 4 members (excludes halogenated alkanes) is 3. The molecule has 4 aliphatic heterocycles. The number of aromatic nitrogens is 4. The lowest BCUT2D eigenvalue weighted by molar-refractivity contribution is -0.136. The monoisotopic (exact) mass is 990 g/mol. The van der Waals surface area contributed by atoms with Gasteiger partial charge in [0.05, 0.1) is 33.8 Å². The summed E-state index contributed by atoms with van der Waals surface area (Å²) in [7, 11) is -1.08.